The smallest absolute Gasteiger partial charge is 0.255 e. The van der Waals surface area contributed by atoms with Gasteiger partial charge in [0, 0.05) is 18.7 Å². The molecule has 158 valence electrons. The minimum absolute atomic E-state index is 0.211. The van der Waals surface area contributed by atoms with Crippen LogP contribution in [0.1, 0.15) is 41.0 Å². The van der Waals surface area contributed by atoms with E-state index in [4.69, 9.17) is 11.5 Å². The van der Waals surface area contributed by atoms with Crippen molar-refractivity contribution in [3.63, 3.8) is 0 Å². The van der Waals surface area contributed by atoms with E-state index in [0.717, 1.165) is 31.5 Å². The van der Waals surface area contributed by atoms with Crippen molar-refractivity contribution in [3.8, 4) is 0 Å². The van der Waals surface area contributed by atoms with Gasteiger partial charge >= 0.3 is 0 Å². The molecule has 1 saturated heterocycles. The lowest BCUT2D eigenvalue weighted by Gasteiger charge is -2.26. The van der Waals surface area contributed by atoms with Crippen LogP contribution in [-0.2, 0) is 0 Å². The molecule has 1 aliphatic heterocycles. The fourth-order valence-corrected chi connectivity index (χ4v) is 3.43. The van der Waals surface area contributed by atoms with E-state index in [0.29, 0.717) is 28.7 Å². The molecule has 1 fully saturated rings. The number of piperidine rings is 1. The molecule has 1 aliphatic rings. The van der Waals surface area contributed by atoms with Gasteiger partial charge in [-0.15, -0.1) is 0 Å². The molecule has 1 aromatic heterocycles. The van der Waals surface area contributed by atoms with Crippen LogP contribution >= 0.6 is 0 Å². The molecule has 0 atom stereocenters. The minimum Gasteiger partial charge on any atom is -0.397 e. The first-order valence-corrected chi connectivity index (χ1v) is 10.3. The SMILES string of the molecule is Nc1nc(/C=C/c2ccc(C(=O)Nc3ccccc3N)cc2)nc(N2CCCCC2)n1. The van der Waals surface area contributed by atoms with Gasteiger partial charge in [-0.05, 0) is 55.2 Å². The van der Waals surface area contributed by atoms with Crippen molar-refractivity contribution in [2.75, 3.05) is 34.8 Å². The predicted molar refractivity (Wildman–Crippen MR) is 124 cm³/mol. The number of amides is 1. The molecule has 2 aromatic carbocycles. The van der Waals surface area contributed by atoms with Crippen molar-refractivity contribution < 1.29 is 4.79 Å². The van der Waals surface area contributed by atoms with Gasteiger partial charge in [-0.25, -0.2) is 0 Å². The highest BCUT2D eigenvalue weighted by molar-refractivity contribution is 6.05. The standard InChI is InChI=1S/C23H25N7O/c24-18-6-2-3-7-19(18)26-21(31)17-11-8-16(9-12-17)10-13-20-27-22(25)29-23(28-20)30-14-4-1-5-15-30/h2-3,6-13H,1,4-5,14-15,24H2,(H,26,31)(H2,25,27,28,29)/b13-10+. The number of rotatable bonds is 5. The summed E-state index contributed by atoms with van der Waals surface area (Å²) in [5, 5.41) is 2.82. The molecule has 5 N–H and O–H groups in total. The molecular weight excluding hydrogens is 390 g/mol. The summed E-state index contributed by atoms with van der Waals surface area (Å²) in [6, 6.07) is 14.4. The van der Waals surface area contributed by atoms with Crippen LogP contribution in [0.15, 0.2) is 48.5 Å². The van der Waals surface area contributed by atoms with Crippen molar-refractivity contribution in [1.29, 1.82) is 0 Å². The van der Waals surface area contributed by atoms with Gasteiger partial charge in [-0.2, -0.15) is 15.0 Å². The van der Waals surface area contributed by atoms with Crippen LogP contribution in [0.2, 0.25) is 0 Å². The van der Waals surface area contributed by atoms with E-state index in [9.17, 15) is 4.79 Å². The molecule has 0 aliphatic carbocycles. The lowest BCUT2D eigenvalue weighted by Crippen LogP contribution is -2.31. The summed E-state index contributed by atoms with van der Waals surface area (Å²) in [5.41, 5.74) is 14.3. The topological polar surface area (TPSA) is 123 Å². The van der Waals surface area contributed by atoms with Crippen LogP contribution in [0, 0.1) is 0 Å². The fourth-order valence-electron chi connectivity index (χ4n) is 3.43. The summed E-state index contributed by atoms with van der Waals surface area (Å²) < 4.78 is 0. The molecule has 8 nitrogen and oxygen atoms in total. The number of aromatic nitrogens is 3. The van der Waals surface area contributed by atoms with E-state index >= 15 is 0 Å². The minimum atomic E-state index is -0.218. The van der Waals surface area contributed by atoms with Crippen LogP contribution in [0.25, 0.3) is 12.2 Å². The third-order valence-electron chi connectivity index (χ3n) is 5.10. The largest absolute Gasteiger partial charge is 0.397 e. The highest BCUT2D eigenvalue weighted by atomic mass is 16.1. The lowest BCUT2D eigenvalue weighted by molar-refractivity contribution is 0.102. The van der Waals surface area contributed by atoms with Crippen LogP contribution in [0.3, 0.4) is 0 Å². The molecule has 3 aromatic rings. The molecule has 2 heterocycles. The molecular formula is C23H25N7O. The van der Waals surface area contributed by atoms with Gasteiger partial charge < -0.3 is 21.7 Å². The average Bonchev–Trinajstić information content (AvgIpc) is 2.80. The Morgan fingerprint density at radius 3 is 2.39 bits per heavy atom. The number of carbonyl (C=O) groups is 1. The first-order chi connectivity index (χ1) is 15.1. The zero-order valence-electron chi connectivity index (χ0n) is 17.2. The third-order valence-corrected chi connectivity index (χ3v) is 5.10. The molecule has 0 spiro atoms. The number of hydrogen-bond donors (Lipinski definition) is 3. The van der Waals surface area contributed by atoms with Crippen molar-refractivity contribution >= 4 is 41.3 Å². The summed E-state index contributed by atoms with van der Waals surface area (Å²) in [6.07, 6.45) is 7.18. The van der Waals surface area contributed by atoms with Gasteiger partial charge in [-0.3, -0.25) is 4.79 Å². The fraction of sp³-hybridized carbons (Fsp3) is 0.217. The van der Waals surface area contributed by atoms with Crippen LogP contribution in [-0.4, -0.2) is 33.9 Å². The van der Waals surface area contributed by atoms with Crippen LogP contribution < -0.4 is 21.7 Å². The van der Waals surface area contributed by atoms with Gasteiger partial charge in [0.15, 0.2) is 5.82 Å². The number of nitrogens with two attached hydrogens (primary N) is 2. The quantitative estimate of drug-likeness (QED) is 0.545. The van der Waals surface area contributed by atoms with Gasteiger partial charge in [0.05, 0.1) is 11.4 Å². The maximum atomic E-state index is 12.5. The Labute approximate surface area is 181 Å². The van der Waals surface area contributed by atoms with E-state index in [-0.39, 0.29) is 11.9 Å². The molecule has 0 saturated carbocycles. The second-order valence-electron chi connectivity index (χ2n) is 7.40. The average molecular weight is 416 g/mol. The molecule has 31 heavy (non-hydrogen) atoms. The number of nitrogen functional groups attached to an aromatic ring is 2. The van der Waals surface area contributed by atoms with E-state index in [1.807, 2.05) is 30.3 Å². The monoisotopic (exact) mass is 415 g/mol. The first-order valence-electron chi connectivity index (χ1n) is 10.3. The highest BCUT2D eigenvalue weighted by Crippen LogP contribution is 2.19. The second kappa shape index (κ2) is 9.25. The van der Waals surface area contributed by atoms with Crippen molar-refractivity contribution in [1.82, 2.24) is 15.0 Å². The second-order valence-corrected chi connectivity index (χ2v) is 7.40. The summed E-state index contributed by atoms with van der Waals surface area (Å²) >= 11 is 0. The van der Waals surface area contributed by atoms with Crippen molar-refractivity contribution in [3.05, 3.63) is 65.5 Å². The van der Waals surface area contributed by atoms with Crippen molar-refractivity contribution in [2.24, 2.45) is 0 Å². The van der Waals surface area contributed by atoms with Crippen LogP contribution in [0.4, 0.5) is 23.3 Å². The number of nitrogens with one attached hydrogen (secondary N) is 1. The van der Waals surface area contributed by atoms with E-state index in [1.54, 1.807) is 30.3 Å². The number of anilines is 4. The Morgan fingerprint density at radius 2 is 1.65 bits per heavy atom. The zero-order chi connectivity index (χ0) is 21.6. The normalized spacial score (nSPS) is 14.0. The Hall–Kier alpha value is -3.94. The number of benzene rings is 2. The predicted octanol–water partition coefficient (Wildman–Crippen LogP) is 3.45. The number of para-hydroxylation sites is 2. The van der Waals surface area contributed by atoms with Crippen LogP contribution in [0.5, 0.6) is 0 Å². The Bertz CT molecular complexity index is 1090. The van der Waals surface area contributed by atoms with E-state index < -0.39 is 0 Å². The molecule has 0 unspecified atom stereocenters. The first kappa shape index (κ1) is 20.3. The zero-order valence-corrected chi connectivity index (χ0v) is 17.2. The Morgan fingerprint density at radius 1 is 0.903 bits per heavy atom. The lowest BCUT2D eigenvalue weighted by atomic mass is 10.1. The highest BCUT2D eigenvalue weighted by Gasteiger charge is 2.15. The molecule has 4 rings (SSSR count). The molecule has 0 bridgehead atoms. The maximum Gasteiger partial charge on any atom is 0.255 e. The number of nitrogens with zero attached hydrogens (tertiary/aromatic N) is 4. The molecule has 1 amide bonds. The Kier molecular flexibility index (Phi) is 6.07. The van der Waals surface area contributed by atoms with E-state index in [2.05, 4.69) is 25.2 Å². The van der Waals surface area contributed by atoms with E-state index in [1.165, 1.54) is 6.42 Å². The van der Waals surface area contributed by atoms with Gasteiger partial charge in [0.1, 0.15) is 0 Å². The van der Waals surface area contributed by atoms with Gasteiger partial charge in [0.25, 0.3) is 5.91 Å². The number of hydrogen-bond acceptors (Lipinski definition) is 7. The summed E-state index contributed by atoms with van der Waals surface area (Å²) in [7, 11) is 0. The van der Waals surface area contributed by atoms with Gasteiger partial charge in [-0.1, -0.05) is 30.3 Å². The summed E-state index contributed by atoms with van der Waals surface area (Å²) in [6.45, 7) is 1.87. The summed E-state index contributed by atoms with van der Waals surface area (Å²) in [4.78, 5) is 27.6. The molecule has 0 radical (unpaired) electrons. The summed E-state index contributed by atoms with van der Waals surface area (Å²) in [5.74, 6) is 1.13. The van der Waals surface area contributed by atoms with Crippen molar-refractivity contribution in [2.45, 2.75) is 19.3 Å². The maximum absolute atomic E-state index is 12.5. The third kappa shape index (κ3) is 5.16. The van der Waals surface area contributed by atoms with Gasteiger partial charge in [0.2, 0.25) is 11.9 Å². The Balaban J connectivity index is 1.44. The molecule has 8 heteroatoms. The number of carbonyl (C=O) groups excluding carboxylic acids is 1.